The first-order valence-electron chi connectivity index (χ1n) is 13.8. The van der Waals surface area contributed by atoms with Crippen LogP contribution < -0.4 is 9.64 Å². The molecule has 1 aliphatic carbocycles. The van der Waals surface area contributed by atoms with E-state index in [0.717, 1.165) is 23.1 Å². The summed E-state index contributed by atoms with van der Waals surface area (Å²) in [6, 6.07) is 12.6. The lowest BCUT2D eigenvalue weighted by Gasteiger charge is -2.38. The lowest BCUT2D eigenvalue weighted by molar-refractivity contribution is -0.123. The zero-order chi connectivity index (χ0) is 29.1. The van der Waals surface area contributed by atoms with Crippen LogP contribution in [0.4, 0.5) is 5.69 Å². The monoisotopic (exact) mass is 659 g/mol. The summed E-state index contributed by atoms with van der Waals surface area (Å²) >= 11 is 2.07. The number of hydrogen-bond acceptors (Lipinski definition) is 6. The van der Waals surface area contributed by atoms with Gasteiger partial charge in [-0.05, 0) is 89.6 Å². The van der Waals surface area contributed by atoms with Crippen molar-refractivity contribution in [3.05, 3.63) is 68.3 Å². The second-order valence-electron chi connectivity index (χ2n) is 10.9. The van der Waals surface area contributed by atoms with Crippen molar-refractivity contribution in [3.63, 3.8) is 0 Å². The van der Waals surface area contributed by atoms with E-state index in [9.17, 15) is 24.9 Å². The van der Waals surface area contributed by atoms with Gasteiger partial charge in [0.2, 0.25) is 11.8 Å². The Morgan fingerprint density at radius 2 is 1.88 bits per heavy atom. The smallest absolute Gasteiger partial charge is 0.238 e. The number of hydrogen-bond donors (Lipinski definition) is 3. The normalized spacial score (nSPS) is 22.2. The number of aliphatic hydroxyl groups excluding tert-OH is 2. The Balaban J connectivity index is 1.61. The highest BCUT2D eigenvalue weighted by Crippen LogP contribution is 2.48. The number of aromatic hydroxyl groups is 1. The molecule has 7 nitrogen and oxygen atoms in total. The minimum Gasteiger partial charge on any atom is -0.504 e. The van der Waals surface area contributed by atoms with Crippen LogP contribution in [-0.4, -0.2) is 47.0 Å². The van der Waals surface area contributed by atoms with Gasteiger partial charge in [-0.2, -0.15) is 0 Å². The molecular weight excluding hydrogens is 621 g/mol. The van der Waals surface area contributed by atoms with Gasteiger partial charge < -0.3 is 20.1 Å². The van der Waals surface area contributed by atoms with E-state index in [1.165, 1.54) is 12.0 Å². The molecule has 1 aliphatic heterocycles. The van der Waals surface area contributed by atoms with Crippen molar-refractivity contribution in [3.8, 4) is 11.5 Å². The second kappa shape index (κ2) is 12.9. The molecule has 4 rings (SSSR count). The summed E-state index contributed by atoms with van der Waals surface area (Å²) < 4.78 is 5.98. The molecule has 0 bridgehead atoms. The third-order valence-corrected chi connectivity index (χ3v) is 9.04. The molecule has 3 N–H and O–H groups in total. The molecule has 1 saturated heterocycles. The van der Waals surface area contributed by atoms with E-state index >= 15 is 0 Å². The zero-order valence-electron chi connectivity index (χ0n) is 23.4. The summed E-state index contributed by atoms with van der Waals surface area (Å²) in [7, 11) is 1.52. The number of phenolic OH excluding ortho intramolecular Hbond substituents is 1. The number of anilines is 1. The first kappa shape index (κ1) is 30.3. The van der Waals surface area contributed by atoms with E-state index in [0.29, 0.717) is 39.8 Å². The maximum atomic E-state index is 13.6. The summed E-state index contributed by atoms with van der Waals surface area (Å²) in [5.74, 6) is -1.83. The van der Waals surface area contributed by atoms with Crippen molar-refractivity contribution < 1.29 is 29.6 Å². The van der Waals surface area contributed by atoms with Crippen LogP contribution >= 0.6 is 22.6 Å². The number of phenols is 1. The Morgan fingerprint density at radius 3 is 2.48 bits per heavy atom. The number of aliphatic hydroxyl groups is 2. The molecule has 0 radical (unpaired) electrons. The minimum atomic E-state index is -0.853. The van der Waals surface area contributed by atoms with E-state index in [2.05, 4.69) is 29.5 Å². The van der Waals surface area contributed by atoms with E-state index in [-0.39, 0.29) is 30.1 Å². The molecule has 1 heterocycles. The third kappa shape index (κ3) is 5.85. The van der Waals surface area contributed by atoms with Crippen LogP contribution in [0, 0.1) is 27.2 Å². The van der Waals surface area contributed by atoms with Crippen LogP contribution in [0.5, 0.6) is 11.5 Å². The molecule has 1 fully saturated rings. The van der Waals surface area contributed by atoms with Gasteiger partial charge in [0.05, 0.1) is 40.9 Å². The van der Waals surface area contributed by atoms with Gasteiger partial charge in [-0.25, -0.2) is 0 Å². The minimum absolute atomic E-state index is 0.0565. The summed E-state index contributed by atoms with van der Waals surface area (Å²) in [5, 5.41) is 32.3. The maximum Gasteiger partial charge on any atom is 0.238 e. The molecular formula is C32H38INO6. The quantitative estimate of drug-likeness (QED) is 0.172. The molecule has 2 amide bonds. The molecule has 0 spiro atoms. The van der Waals surface area contributed by atoms with Crippen LogP contribution in [0.2, 0.25) is 0 Å². The van der Waals surface area contributed by atoms with Gasteiger partial charge in [0.15, 0.2) is 11.5 Å². The molecule has 0 unspecified atom stereocenters. The van der Waals surface area contributed by atoms with Crippen molar-refractivity contribution in [1.29, 1.82) is 0 Å². The van der Waals surface area contributed by atoms with Gasteiger partial charge in [-0.15, -0.1) is 0 Å². The third-order valence-electron chi connectivity index (χ3n) is 8.22. The van der Waals surface area contributed by atoms with Gasteiger partial charge in [0.1, 0.15) is 0 Å². The number of ether oxygens (including phenoxy) is 1. The van der Waals surface area contributed by atoms with Gasteiger partial charge in [-0.3, -0.25) is 14.5 Å². The van der Waals surface area contributed by atoms with Crippen LogP contribution in [0.25, 0.3) is 6.08 Å². The first-order chi connectivity index (χ1) is 19.1. The number of benzene rings is 2. The Hall–Kier alpha value is -2.69. The number of fused-ring (bicyclic) bond motifs is 1. The Bertz CT molecular complexity index is 1320. The van der Waals surface area contributed by atoms with E-state index in [1.54, 1.807) is 30.3 Å². The fourth-order valence-electron chi connectivity index (χ4n) is 6.17. The number of amides is 2. The number of carbonyl (C=O) groups excluding carboxylic acids is 2. The Morgan fingerprint density at radius 1 is 1.18 bits per heavy atom. The van der Waals surface area contributed by atoms with Crippen LogP contribution in [0.15, 0.2) is 59.2 Å². The number of halogens is 1. The molecule has 4 atom stereocenters. The van der Waals surface area contributed by atoms with Gasteiger partial charge >= 0.3 is 0 Å². The van der Waals surface area contributed by atoms with E-state index < -0.39 is 23.9 Å². The number of nitrogens with zero attached hydrogens (tertiary/aromatic N) is 1. The van der Waals surface area contributed by atoms with E-state index in [1.807, 2.05) is 32.1 Å². The van der Waals surface area contributed by atoms with Crippen molar-refractivity contribution in [1.82, 2.24) is 0 Å². The van der Waals surface area contributed by atoms with Crippen molar-refractivity contribution in [2.75, 3.05) is 18.6 Å². The molecule has 0 aromatic heterocycles. The largest absolute Gasteiger partial charge is 0.504 e. The highest BCUT2D eigenvalue weighted by atomic mass is 127. The number of imide groups is 1. The van der Waals surface area contributed by atoms with Crippen molar-refractivity contribution >= 4 is 46.2 Å². The molecule has 0 saturated carbocycles. The summed E-state index contributed by atoms with van der Waals surface area (Å²) in [6.45, 7) is 5.81. The summed E-state index contributed by atoms with van der Waals surface area (Å²) in [4.78, 5) is 28.4. The second-order valence-corrected chi connectivity index (χ2v) is 12.0. The number of rotatable bonds is 10. The average Bonchev–Trinajstić information content (AvgIpc) is 3.20. The lowest BCUT2D eigenvalue weighted by Crippen LogP contribution is -2.39. The highest BCUT2D eigenvalue weighted by molar-refractivity contribution is 14.1. The molecule has 214 valence electrons. The Kier molecular flexibility index (Phi) is 9.74. The fourth-order valence-corrected chi connectivity index (χ4v) is 6.80. The molecule has 40 heavy (non-hydrogen) atoms. The SMILES string of the molecule is CC/C(=C\c1cc(I)c(O)c(OC)c1)CC[C@@H](O)C1=C(C(C)C)C[C@H]2C(=O)N(c3ccccc3)C(=O)[C@H]2[C@H]1CO. The van der Waals surface area contributed by atoms with Gasteiger partial charge in [0, 0.05) is 5.92 Å². The highest BCUT2D eigenvalue weighted by Gasteiger charge is 2.55. The molecule has 2 aromatic carbocycles. The molecule has 2 aromatic rings. The van der Waals surface area contributed by atoms with Crippen LogP contribution in [0.1, 0.15) is 52.0 Å². The first-order valence-corrected chi connectivity index (χ1v) is 14.9. The van der Waals surface area contributed by atoms with E-state index in [4.69, 9.17) is 4.74 Å². The molecule has 2 aliphatic rings. The molecule has 8 heteroatoms. The van der Waals surface area contributed by atoms with Gasteiger partial charge in [0.25, 0.3) is 0 Å². The Labute approximate surface area is 249 Å². The summed E-state index contributed by atoms with van der Waals surface area (Å²) in [6.07, 6.45) is 3.41. The average molecular weight is 660 g/mol. The van der Waals surface area contributed by atoms with Crippen LogP contribution in [-0.2, 0) is 9.59 Å². The predicted molar refractivity (Wildman–Crippen MR) is 164 cm³/mol. The fraction of sp³-hybridized carbons (Fsp3) is 0.438. The van der Waals surface area contributed by atoms with Crippen molar-refractivity contribution in [2.24, 2.45) is 23.7 Å². The number of carbonyl (C=O) groups is 2. The zero-order valence-corrected chi connectivity index (χ0v) is 25.6. The topological polar surface area (TPSA) is 107 Å². The number of para-hydroxylation sites is 1. The number of methoxy groups -OCH3 is 1. The standard InChI is InChI=1S/C32H38INO6/c1-5-19(13-20-14-25(33)30(37)27(15-20)40-4)11-12-26(36)28-22(18(2)3)16-23-29(24(28)17-35)32(39)34(31(23)38)21-9-7-6-8-10-21/h6-10,13-15,18,23-24,26,29,35-37H,5,11-12,16-17H2,1-4H3/b19-13+/t23-,24+,26-,29-/m1/s1. The number of allylic oxidation sites excluding steroid dienone is 2. The van der Waals surface area contributed by atoms with Gasteiger partial charge in [-0.1, -0.05) is 56.2 Å². The van der Waals surface area contributed by atoms with Crippen LogP contribution in [0.3, 0.4) is 0 Å². The summed E-state index contributed by atoms with van der Waals surface area (Å²) in [5.41, 5.74) is 4.23. The van der Waals surface area contributed by atoms with Crippen molar-refractivity contribution in [2.45, 2.75) is 52.6 Å². The predicted octanol–water partition coefficient (Wildman–Crippen LogP) is 5.71. The maximum absolute atomic E-state index is 13.6. The lowest BCUT2D eigenvalue weighted by atomic mass is 9.66.